The zero-order chi connectivity index (χ0) is 23.0. The van der Waals surface area contributed by atoms with Crippen molar-refractivity contribution in [3.05, 3.63) is 48.7 Å². The zero-order valence-electron chi connectivity index (χ0n) is 19.3. The molecule has 0 atom stereocenters. The maximum absolute atomic E-state index is 8.52. The lowest BCUT2D eigenvalue weighted by Crippen LogP contribution is -2.10. The number of anilines is 2. The van der Waals surface area contributed by atoms with Crippen molar-refractivity contribution in [2.75, 3.05) is 5.32 Å². The Balaban J connectivity index is 0.000000432. The predicted octanol–water partition coefficient (Wildman–Crippen LogP) is 4.03. The van der Waals surface area contributed by atoms with Crippen LogP contribution in [0.15, 0.2) is 42.9 Å². The second-order valence-electron chi connectivity index (χ2n) is 7.51. The SMILES string of the molecule is CC.CC(C)(C)O.CCc1nnc2cc(-c3ccnc(Nc4ccnn4C)n3)ccn12. The van der Waals surface area contributed by atoms with Crippen molar-refractivity contribution in [2.45, 2.75) is 53.6 Å². The van der Waals surface area contributed by atoms with E-state index in [1.165, 1.54) is 0 Å². The molecule has 0 aliphatic heterocycles. The van der Waals surface area contributed by atoms with Crippen LogP contribution in [0, 0.1) is 0 Å². The molecule has 0 saturated carbocycles. The van der Waals surface area contributed by atoms with Gasteiger partial charge in [0.2, 0.25) is 5.95 Å². The molecule has 9 heteroatoms. The van der Waals surface area contributed by atoms with Gasteiger partial charge in [-0.2, -0.15) is 5.10 Å². The summed E-state index contributed by atoms with van der Waals surface area (Å²) in [6, 6.07) is 7.72. The Morgan fingerprint density at radius 3 is 2.39 bits per heavy atom. The highest BCUT2D eigenvalue weighted by molar-refractivity contribution is 5.65. The second kappa shape index (κ2) is 10.6. The quantitative estimate of drug-likeness (QED) is 0.509. The molecular weight excluding hydrogens is 392 g/mol. The lowest BCUT2D eigenvalue weighted by molar-refractivity contribution is 0.102. The van der Waals surface area contributed by atoms with Crippen molar-refractivity contribution in [3.8, 4) is 11.3 Å². The van der Waals surface area contributed by atoms with Crippen molar-refractivity contribution < 1.29 is 5.11 Å². The Morgan fingerprint density at radius 2 is 1.77 bits per heavy atom. The number of fused-ring (bicyclic) bond motifs is 1. The molecule has 0 unspecified atom stereocenters. The number of aryl methyl sites for hydroxylation is 2. The van der Waals surface area contributed by atoms with Crippen molar-refractivity contribution >= 4 is 17.4 Å². The van der Waals surface area contributed by atoms with Gasteiger partial charge in [-0.05, 0) is 39.0 Å². The summed E-state index contributed by atoms with van der Waals surface area (Å²) in [4.78, 5) is 8.84. The number of aliphatic hydroxyl groups is 1. The molecule has 0 amide bonds. The summed E-state index contributed by atoms with van der Waals surface area (Å²) < 4.78 is 3.71. The third kappa shape index (κ3) is 6.85. The second-order valence-corrected chi connectivity index (χ2v) is 7.51. The molecule has 4 heterocycles. The lowest BCUT2D eigenvalue weighted by atomic mass is 10.2. The topological polar surface area (TPSA) is 106 Å². The van der Waals surface area contributed by atoms with Crippen molar-refractivity contribution in [1.29, 1.82) is 0 Å². The maximum Gasteiger partial charge on any atom is 0.228 e. The molecule has 0 aromatic carbocycles. The third-order valence-corrected chi connectivity index (χ3v) is 3.81. The molecule has 31 heavy (non-hydrogen) atoms. The molecule has 4 rings (SSSR count). The fraction of sp³-hybridized carbons (Fsp3) is 0.409. The Bertz CT molecular complexity index is 1090. The lowest BCUT2D eigenvalue weighted by Gasteiger charge is -2.07. The normalized spacial score (nSPS) is 10.7. The van der Waals surface area contributed by atoms with Gasteiger partial charge in [0.1, 0.15) is 11.6 Å². The molecule has 4 aromatic rings. The van der Waals surface area contributed by atoms with Crippen LogP contribution >= 0.6 is 0 Å². The monoisotopic (exact) mass is 424 g/mol. The van der Waals surface area contributed by atoms with E-state index in [1.54, 1.807) is 37.8 Å². The molecule has 2 N–H and O–H groups in total. The summed E-state index contributed by atoms with van der Waals surface area (Å²) in [6.45, 7) is 11.3. The van der Waals surface area contributed by atoms with E-state index in [-0.39, 0.29) is 0 Å². The van der Waals surface area contributed by atoms with E-state index in [2.05, 4.69) is 37.5 Å². The molecule has 0 radical (unpaired) electrons. The minimum atomic E-state index is -0.500. The minimum absolute atomic E-state index is 0.500. The van der Waals surface area contributed by atoms with E-state index in [0.717, 1.165) is 35.0 Å². The van der Waals surface area contributed by atoms with Crippen molar-refractivity contribution in [2.24, 2.45) is 7.05 Å². The van der Waals surface area contributed by atoms with Crippen LogP contribution in [0.25, 0.3) is 16.9 Å². The fourth-order valence-corrected chi connectivity index (χ4v) is 2.53. The first kappa shape index (κ1) is 23.9. The van der Waals surface area contributed by atoms with Crippen LogP contribution in [-0.2, 0) is 13.5 Å². The highest BCUT2D eigenvalue weighted by Crippen LogP contribution is 2.20. The number of rotatable bonds is 4. The number of nitrogens with one attached hydrogen (secondary N) is 1. The summed E-state index contributed by atoms with van der Waals surface area (Å²) in [5.41, 5.74) is 2.09. The highest BCUT2D eigenvalue weighted by atomic mass is 16.3. The standard InChI is InChI=1S/C16H16N8.C4H10O.C2H6/c1-3-13-21-22-15-10-11(6-9-24(13)15)12-4-7-17-16(19-12)20-14-5-8-18-23(14)2;1-4(2,3)5;1-2/h4-10H,3H2,1-2H3,(H,17,19,20);5H,1-3H3;1-2H3. The van der Waals surface area contributed by atoms with Crippen molar-refractivity contribution in [1.82, 2.24) is 34.3 Å². The molecular formula is C22H32N8O. The van der Waals surface area contributed by atoms with E-state index in [4.69, 9.17) is 5.11 Å². The largest absolute Gasteiger partial charge is 0.391 e. The molecule has 9 nitrogen and oxygen atoms in total. The average Bonchev–Trinajstić information content (AvgIpc) is 3.34. The van der Waals surface area contributed by atoms with E-state index in [0.29, 0.717) is 5.95 Å². The molecule has 4 aromatic heterocycles. The maximum atomic E-state index is 8.52. The van der Waals surface area contributed by atoms with Crippen LogP contribution in [0.4, 0.5) is 11.8 Å². The van der Waals surface area contributed by atoms with Gasteiger partial charge in [0.25, 0.3) is 0 Å². The zero-order valence-corrected chi connectivity index (χ0v) is 19.3. The molecule has 166 valence electrons. The van der Waals surface area contributed by atoms with Crippen LogP contribution in [0.5, 0.6) is 0 Å². The summed E-state index contributed by atoms with van der Waals surface area (Å²) in [5.74, 6) is 2.29. The first-order valence-electron chi connectivity index (χ1n) is 10.4. The van der Waals surface area contributed by atoms with Gasteiger partial charge in [-0.25, -0.2) is 9.97 Å². The van der Waals surface area contributed by atoms with Gasteiger partial charge in [0, 0.05) is 37.5 Å². The number of hydrogen-bond donors (Lipinski definition) is 2. The van der Waals surface area contributed by atoms with E-state index in [1.807, 2.05) is 55.8 Å². The smallest absolute Gasteiger partial charge is 0.228 e. The Morgan fingerprint density at radius 1 is 1.06 bits per heavy atom. The van der Waals surface area contributed by atoms with Gasteiger partial charge in [0.15, 0.2) is 5.65 Å². The average molecular weight is 425 g/mol. The van der Waals surface area contributed by atoms with E-state index < -0.39 is 5.60 Å². The molecule has 0 bridgehead atoms. The Hall–Kier alpha value is -3.33. The van der Waals surface area contributed by atoms with Crippen LogP contribution < -0.4 is 5.32 Å². The van der Waals surface area contributed by atoms with E-state index >= 15 is 0 Å². The molecule has 0 aliphatic rings. The number of aromatic nitrogens is 7. The van der Waals surface area contributed by atoms with Gasteiger partial charge >= 0.3 is 0 Å². The fourth-order valence-electron chi connectivity index (χ4n) is 2.53. The van der Waals surface area contributed by atoms with Gasteiger partial charge in [-0.15, -0.1) is 10.2 Å². The Labute approximate surface area is 183 Å². The molecule has 0 spiro atoms. The first-order valence-corrected chi connectivity index (χ1v) is 10.4. The Kier molecular flexibility index (Phi) is 8.21. The van der Waals surface area contributed by atoms with Gasteiger partial charge in [-0.3, -0.25) is 9.08 Å². The van der Waals surface area contributed by atoms with Gasteiger partial charge in [0.05, 0.1) is 17.5 Å². The molecule has 0 aliphatic carbocycles. The summed E-state index contributed by atoms with van der Waals surface area (Å²) in [7, 11) is 1.86. The highest BCUT2D eigenvalue weighted by Gasteiger charge is 2.08. The van der Waals surface area contributed by atoms with Crippen LogP contribution in [0.3, 0.4) is 0 Å². The van der Waals surface area contributed by atoms with Crippen LogP contribution in [0.2, 0.25) is 0 Å². The third-order valence-electron chi connectivity index (χ3n) is 3.81. The molecule has 0 saturated heterocycles. The molecule has 0 fully saturated rings. The number of hydrogen-bond acceptors (Lipinski definition) is 7. The van der Waals surface area contributed by atoms with Crippen LogP contribution in [0.1, 0.15) is 47.4 Å². The van der Waals surface area contributed by atoms with Gasteiger partial charge < -0.3 is 10.4 Å². The van der Waals surface area contributed by atoms with Crippen LogP contribution in [-0.4, -0.2) is 45.1 Å². The minimum Gasteiger partial charge on any atom is -0.391 e. The van der Waals surface area contributed by atoms with Crippen molar-refractivity contribution in [3.63, 3.8) is 0 Å². The number of nitrogens with zero attached hydrogens (tertiary/aromatic N) is 7. The number of pyridine rings is 1. The summed E-state index contributed by atoms with van der Waals surface area (Å²) >= 11 is 0. The summed E-state index contributed by atoms with van der Waals surface area (Å²) in [6.07, 6.45) is 6.26. The predicted molar refractivity (Wildman–Crippen MR) is 123 cm³/mol. The van der Waals surface area contributed by atoms with Gasteiger partial charge in [-0.1, -0.05) is 20.8 Å². The summed E-state index contributed by atoms with van der Waals surface area (Å²) in [5, 5.41) is 24.2. The first-order chi connectivity index (χ1) is 14.7. The van der Waals surface area contributed by atoms with E-state index in [9.17, 15) is 0 Å².